The van der Waals surface area contributed by atoms with Gasteiger partial charge in [-0.2, -0.15) is 0 Å². The summed E-state index contributed by atoms with van der Waals surface area (Å²) in [5.74, 6) is 3.34. The van der Waals surface area contributed by atoms with Gasteiger partial charge < -0.3 is 21.1 Å². The first kappa shape index (κ1) is 21.3. The molecule has 0 bridgehead atoms. The van der Waals surface area contributed by atoms with Crippen LogP contribution in [0.15, 0.2) is 0 Å². The first-order valence-electron chi connectivity index (χ1n) is 7.65. The lowest BCUT2D eigenvalue weighted by atomic mass is 9.92. The zero-order valence-corrected chi connectivity index (χ0v) is 13.8. The minimum atomic E-state index is -0.377. The van der Waals surface area contributed by atoms with Crippen LogP contribution >= 0.6 is 0 Å². The zero-order chi connectivity index (χ0) is 17.7. The minimum Gasteiger partial charge on any atom is -0.378 e. The second-order valence-corrected chi connectivity index (χ2v) is 5.21. The summed E-state index contributed by atoms with van der Waals surface area (Å²) < 4.78 is 5.26. The largest absolute Gasteiger partial charge is 0.378 e. The molecule has 6 N–H and O–H groups in total. The van der Waals surface area contributed by atoms with E-state index < -0.39 is 0 Å². The number of primary amides is 1. The number of hydrogen-bond donors (Lipinski definition) is 4. The molecule has 0 rings (SSSR count). The fourth-order valence-corrected chi connectivity index (χ4v) is 1.93. The number of amides is 3. The van der Waals surface area contributed by atoms with Crippen LogP contribution in [0, 0.1) is 11.8 Å². The van der Waals surface area contributed by atoms with Crippen LogP contribution in [0.4, 0.5) is 0 Å². The molecule has 0 saturated carbocycles. The van der Waals surface area contributed by atoms with E-state index in [1.54, 1.807) is 6.92 Å². The SMILES string of the molecule is CCC(CC(C)C(=O)NCCOCCNC(=O)CON)C(N)=O. The molecule has 23 heavy (non-hydrogen) atoms. The number of rotatable bonds is 13. The number of ether oxygens (including phenoxy) is 1. The molecule has 0 aliphatic heterocycles. The Kier molecular flexibility index (Phi) is 11.8. The van der Waals surface area contributed by atoms with Gasteiger partial charge in [0.2, 0.25) is 17.7 Å². The van der Waals surface area contributed by atoms with Gasteiger partial charge in [0, 0.05) is 24.9 Å². The molecule has 0 aliphatic carbocycles. The standard InChI is InChI=1S/C14H28N4O5/c1-3-11(13(15)20)8-10(2)14(21)18-5-7-22-6-4-17-12(19)9-23-16/h10-11H,3-9,16H2,1-2H3,(H2,15,20)(H,17,19)(H,18,21). The lowest BCUT2D eigenvalue weighted by Gasteiger charge is -2.16. The van der Waals surface area contributed by atoms with E-state index in [0.29, 0.717) is 39.1 Å². The van der Waals surface area contributed by atoms with Gasteiger partial charge in [-0.3, -0.25) is 19.2 Å². The van der Waals surface area contributed by atoms with E-state index in [1.807, 2.05) is 6.92 Å². The van der Waals surface area contributed by atoms with Gasteiger partial charge in [0.05, 0.1) is 13.2 Å². The molecule has 3 amide bonds. The number of carbonyl (C=O) groups excluding carboxylic acids is 3. The summed E-state index contributed by atoms with van der Waals surface area (Å²) in [5, 5.41) is 5.27. The highest BCUT2D eigenvalue weighted by Gasteiger charge is 2.21. The van der Waals surface area contributed by atoms with Crippen LogP contribution in [0.2, 0.25) is 0 Å². The fraction of sp³-hybridized carbons (Fsp3) is 0.786. The Morgan fingerprint density at radius 3 is 2.26 bits per heavy atom. The number of nitrogens with two attached hydrogens (primary N) is 2. The molecule has 134 valence electrons. The molecule has 0 heterocycles. The van der Waals surface area contributed by atoms with Crippen molar-refractivity contribution in [3.8, 4) is 0 Å². The van der Waals surface area contributed by atoms with E-state index in [4.69, 9.17) is 16.4 Å². The third-order valence-corrected chi connectivity index (χ3v) is 3.31. The molecule has 9 heteroatoms. The van der Waals surface area contributed by atoms with Crippen molar-refractivity contribution < 1.29 is 24.0 Å². The van der Waals surface area contributed by atoms with Crippen molar-refractivity contribution in [3.63, 3.8) is 0 Å². The quantitative estimate of drug-likeness (QED) is 0.243. The molecule has 2 unspecified atom stereocenters. The molecule has 0 saturated heterocycles. The predicted octanol–water partition coefficient (Wildman–Crippen LogP) is -1.34. The van der Waals surface area contributed by atoms with Gasteiger partial charge >= 0.3 is 0 Å². The van der Waals surface area contributed by atoms with Gasteiger partial charge in [0.25, 0.3) is 0 Å². The van der Waals surface area contributed by atoms with E-state index >= 15 is 0 Å². The van der Waals surface area contributed by atoms with Crippen LogP contribution in [0.1, 0.15) is 26.7 Å². The van der Waals surface area contributed by atoms with Crippen molar-refractivity contribution in [3.05, 3.63) is 0 Å². The topological polar surface area (TPSA) is 146 Å². The molecule has 2 atom stereocenters. The monoisotopic (exact) mass is 332 g/mol. The Balaban J connectivity index is 3.70. The van der Waals surface area contributed by atoms with E-state index in [1.165, 1.54) is 0 Å². The second kappa shape index (κ2) is 12.8. The molecule has 0 aliphatic rings. The Bertz CT molecular complexity index is 378. The third kappa shape index (κ3) is 10.6. The van der Waals surface area contributed by atoms with Crippen LogP contribution in [0.3, 0.4) is 0 Å². The summed E-state index contributed by atoms with van der Waals surface area (Å²) in [6, 6.07) is 0. The van der Waals surface area contributed by atoms with Crippen LogP contribution in [-0.2, 0) is 24.0 Å². The van der Waals surface area contributed by atoms with Gasteiger partial charge in [0.1, 0.15) is 6.61 Å². The molecule has 9 nitrogen and oxygen atoms in total. The maximum absolute atomic E-state index is 11.9. The first-order valence-corrected chi connectivity index (χ1v) is 7.65. The molecule has 0 fully saturated rings. The normalized spacial score (nSPS) is 13.2. The van der Waals surface area contributed by atoms with Gasteiger partial charge in [-0.15, -0.1) is 0 Å². The Hall–Kier alpha value is -1.71. The lowest BCUT2D eigenvalue weighted by Crippen LogP contribution is -2.35. The van der Waals surface area contributed by atoms with Gasteiger partial charge in [-0.25, -0.2) is 5.90 Å². The molecule has 0 spiro atoms. The molecular weight excluding hydrogens is 304 g/mol. The Labute approximate surface area is 136 Å². The van der Waals surface area contributed by atoms with Crippen LogP contribution < -0.4 is 22.3 Å². The summed E-state index contributed by atoms with van der Waals surface area (Å²) in [6.07, 6.45) is 1.06. The summed E-state index contributed by atoms with van der Waals surface area (Å²) >= 11 is 0. The number of nitrogens with one attached hydrogen (secondary N) is 2. The van der Waals surface area contributed by atoms with Crippen molar-refractivity contribution in [2.75, 3.05) is 32.9 Å². The first-order chi connectivity index (χ1) is 10.9. The van der Waals surface area contributed by atoms with E-state index in [9.17, 15) is 14.4 Å². The maximum atomic E-state index is 11.9. The molecule has 0 aromatic rings. The summed E-state index contributed by atoms with van der Waals surface area (Å²) in [7, 11) is 0. The summed E-state index contributed by atoms with van der Waals surface area (Å²) in [5.41, 5.74) is 5.27. The Morgan fingerprint density at radius 2 is 1.74 bits per heavy atom. The molecular formula is C14H28N4O5. The van der Waals surface area contributed by atoms with Gasteiger partial charge in [0.15, 0.2) is 0 Å². The van der Waals surface area contributed by atoms with Crippen molar-refractivity contribution in [2.45, 2.75) is 26.7 Å². The van der Waals surface area contributed by atoms with Crippen LogP contribution in [0.5, 0.6) is 0 Å². The maximum Gasteiger partial charge on any atom is 0.248 e. The smallest absolute Gasteiger partial charge is 0.248 e. The van der Waals surface area contributed by atoms with Crippen molar-refractivity contribution in [1.29, 1.82) is 0 Å². The fourth-order valence-electron chi connectivity index (χ4n) is 1.93. The van der Waals surface area contributed by atoms with E-state index in [2.05, 4.69) is 15.5 Å². The van der Waals surface area contributed by atoms with Gasteiger partial charge in [-0.05, 0) is 12.8 Å². The van der Waals surface area contributed by atoms with Crippen molar-refractivity contribution in [2.24, 2.45) is 23.5 Å². The average Bonchev–Trinajstić information content (AvgIpc) is 2.50. The minimum absolute atomic E-state index is 0.137. The van der Waals surface area contributed by atoms with Crippen molar-refractivity contribution in [1.82, 2.24) is 10.6 Å². The summed E-state index contributed by atoms with van der Waals surface area (Å²) in [6.45, 7) is 4.77. The Morgan fingerprint density at radius 1 is 1.13 bits per heavy atom. The highest BCUT2D eigenvalue weighted by Crippen LogP contribution is 2.15. The highest BCUT2D eigenvalue weighted by molar-refractivity contribution is 5.80. The lowest BCUT2D eigenvalue weighted by molar-refractivity contribution is -0.127. The van der Waals surface area contributed by atoms with E-state index in [-0.39, 0.29) is 36.2 Å². The molecule has 0 aromatic heterocycles. The zero-order valence-electron chi connectivity index (χ0n) is 13.8. The molecule has 0 radical (unpaired) electrons. The van der Waals surface area contributed by atoms with Crippen LogP contribution in [-0.4, -0.2) is 50.6 Å². The predicted molar refractivity (Wildman–Crippen MR) is 83.7 cm³/mol. The average molecular weight is 332 g/mol. The second-order valence-electron chi connectivity index (χ2n) is 5.21. The highest BCUT2D eigenvalue weighted by atomic mass is 16.6. The third-order valence-electron chi connectivity index (χ3n) is 3.31. The molecule has 0 aromatic carbocycles. The van der Waals surface area contributed by atoms with Gasteiger partial charge in [-0.1, -0.05) is 13.8 Å². The number of hydrogen-bond acceptors (Lipinski definition) is 6. The summed E-state index contributed by atoms with van der Waals surface area (Å²) in [4.78, 5) is 38.2. The van der Waals surface area contributed by atoms with Crippen molar-refractivity contribution >= 4 is 17.7 Å². The number of carbonyl (C=O) groups is 3. The van der Waals surface area contributed by atoms with E-state index in [0.717, 1.165) is 0 Å². The van der Waals surface area contributed by atoms with Crippen LogP contribution in [0.25, 0.3) is 0 Å².